The smallest absolute Gasteiger partial charge is 0.209 e. The summed E-state index contributed by atoms with van der Waals surface area (Å²) >= 11 is 0. The van der Waals surface area contributed by atoms with E-state index in [0.717, 1.165) is 23.6 Å². The van der Waals surface area contributed by atoms with Crippen LogP contribution < -0.4 is 0 Å². The van der Waals surface area contributed by atoms with Crippen molar-refractivity contribution >= 4 is 23.1 Å². The van der Waals surface area contributed by atoms with E-state index in [1.54, 1.807) is 26.0 Å². The Bertz CT molecular complexity index is 1770. The lowest BCUT2D eigenvalue weighted by Crippen LogP contribution is -2.63. The zero-order valence-corrected chi connectivity index (χ0v) is 26.6. The number of carbonyl (C=O) groups is 4. The summed E-state index contributed by atoms with van der Waals surface area (Å²) in [6, 6.07) is 9.12. The molecule has 0 unspecified atom stereocenters. The molecule has 0 spiro atoms. The number of phenolic OH excluding ortho intramolecular Hbond substituents is 1. The number of allylic oxidation sites excluding steroid dienone is 3. The third kappa shape index (κ3) is 4.78. The van der Waals surface area contributed by atoms with Gasteiger partial charge in [0.25, 0.3) is 0 Å². The number of ketones is 4. The number of fused-ring (bicyclic) bond motifs is 3. The molecule has 0 aromatic heterocycles. The Balaban J connectivity index is 1.61. The standard InChI is InChI=1S/C37H40O8/c1-18(2)25-14-24(13-19(3)12-22-8-10-23(11-9-22)20(4)38)31(41)29-26(25)15-35(6)17-36(7)16-27(40)28(21(5)39)33(43)37(36,45)34(44)30(35)32(29)42/h8-11,14,18,40-41,44-45H,3,12-13,15-17H2,1-2,4-7H3/t35-,36+,37+/m1/s1. The highest BCUT2D eigenvalue weighted by Crippen LogP contribution is 2.62. The number of Topliss-reactive ketones (excluding diaryl/α,β-unsaturated/α-hetero) is 4. The van der Waals surface area contributed by atoms with Crippen molar-refractivity contribution in [3.63, 3.8) is 0 Å². The number of hydrogen-bond donors (Lipinski definition) is 4. The van der Waals surface area contributed by atoms with Crippen LogP contribution in [0.4, 0.5) is 0 Å². The maximum atomic E-state index is 14.4. The Kier molecular flexibility index (Phi) is 7.60. The fraction of sp³-hybridized carbons (Fsp3) is 0.405. The molecule has 0 aliphatic heterocycles. The van der Waals surface area contributed by atoms with Gasteiger partial charge < -0.3 is 20.4 Å². The third-order valence-corrected chi connectivity index (χ3v) is 10.0. The van der Waals surface area contributed by atoms with Gasteiger partial charge in [0.2, 0.25) is 5.78 Å². The Morgan fingerprint density at radius 3 is 2.13 bits per heavy atom. The molecular formula is C37H40O8. The van der Waals surface area contributed by atoms with Gasteiger partial charge in [0.05, 0.1) is 5.56 Å². The van der Waals surface area contributed by atoms with E-state index in [1.165, 1.54) is 6.92 Å². The summed E-state index contributed by atoms with van der Waals surface area (Å²) in [6.45, 7) is 14.1. The van der Waals surface area contributed by atoms with E-state index in [1.807, 2.05) is 32.0 Å². The molecule has 8 nitrogen and oxygen atoms in total. The van der Waals surface area contributed by atoms with Crippen LogP contribution in [-0.4, -0.2) is 49.2 Å². The van der Waals surface area contributed by atoms with Crippen molar-refractivity contribution in [2.75, 3.05) is 0 Å². The van der Waals surface area contributed by atoms with Crippen LogP contribution >= 0.6 is 0 Å². The van der Waals surface area contributed by atoms with Crippen molar-refractivity contribution in [2.24, 2.45) is 10.8 Å². The van der Waals surface area contributed by atoms with Gasteiger partial charge in [-0.1, -0.05) is 70.2 Å². The molecular weight excluding hydrogens is 572 g/mol. The van der Waals surface area contributed by atoms with E-state index in [2.05, 4.69) is 6.58 Å². The number of benzene rings is 2. The van der Waals surface area contributed by atoms with Gasteiger partial charge in [0.1, 0.15) is 22.8 Å². The summed E-state index contributed by atoms with van der Waals surface area (Å²) in [5.41, 5.74) is -1.50. The van der Waals surface area contributed by atoms with E-state index < -0.39 is 50.9 Å². The largest absolute Gasteiger partial charge is 0.511 e. The molecule has 0 saturated heterocycles. The normalized spacial score (nSPS) is 26.0. The van der Waals surface area contributed by atoms with E-state index in [9.17, 15) is 39.6 Å². The second-order valence-corrected chi connectivity index (χ2v) is 14.0. The van der Waals surface area contributed by atoms with Gasteiger partial charge in [-0.25, -0.2) is 0 Å². The molecule has 236 valence electrons. The molecule has 0 saturated carbocycles. The van der Waals surface area contributed by atoms with Crippen molar-refractivity contribution in [3.8, 4) is 5.75 Å². The number of phenols is 1. The third-order valence-electron chi connectivity index (χ3n) is 10.0. The average Bonchev–Trinajstić information content (AvgIpc) is 2.91. The lowest BCUT2D eigenvalue weighted by atomic mass is 9.48. The van der Waals surface area contributed by atoms with E-state index in [0.29, 0.717) is 23.1 Å². The minimum Gasteiger partial charge on any atom is -0.511 e. The van der Waals surface area contributed by atoms with Crippen LogP contribution in [0.1, 0.15) is 103 Å². The Hall–Kier alpha value is -4.30. The first-order valence-corrected chi connectivity index (χ1v) is 15.2. The van der Waals surface area contributed by atoms with Gasteiger partial charge in [0.15, 0.2) is 23.0 Å². The van der Waals surface area contributed by atoms with Crippen molar-refractivity contribution in [1.29, 1.82) is 0 Å². The minimum absolute atomic E-state index is 0.0227. The van der Waals surface area contributed by atoms with Gasteiger partial charge in [-0.05, 0) is 67.7 Å². The molecule has 8 heteroatoms. The van der Waals surface area contributed by atoms with E-state index in [-0.39, 0.29) is 54.3 Å². The highest BCUT2D eigenvalue weighted by molar-refractivity contribution is 6.25. The summed E-state index contributed by atoms with van der Waals surface area (Å²) in [6.07, 6.45) is 0.800. The lowest BCUT2D eigenvalue weighted by molar-refractivity contribution is -0.159. The predicted octanol–water partition coefficient (Wildman–Crippen LogP) is 6.13. The summed E-state index contributed by atoms with van der Waals surface area (Å²) in [5.74, 6) is -4.15. The van der Waals surface area contributed by atoms with Crippen LogP contribution in [0.25, 0.3) is 0 Å². The van der Waals surface area contributed by atoms with Crippen LogP contribution in [0.15, 0.2) is 65.1 Å². The first-order chi connectivity index (χ1) is 20.9. The fourth-order valence-electron chi connectivity index (χ4n) is 7.94. The van der Waals surface area contributed by atoms with E-state index in [4.69, 9.17) is 0 Å². The molecule has 0 bridgehead atoms. The summed E-state index contributed by atoms with van der Waals surface area (Å²) < 4.78 is 0. The van der Waals surface area contributed by atoms with Crippen molar-refractivity contribution in [2.45, 2.75) is 85.2 Å². The number of aromatic hydroxyl groups is 1. The van der Waals surface area contributed by atoms with Gasteiger partial charge in [-0.3, -0.25) is 19.2 Å². The molecule has 0 radical (unpaired) electrons. The molecule has 2 aromatic rings. The Morgan fingerprint density at radius 2 is 1.58 bits per heavy atom. The molecule has 45 heavy (non-hydrogen) atoms. The van der Waals surface area contributed by atoms with E-state index >= 15 is 0 Å². The summed E-state index contributed by atoms with van der Waals surface area (Å²) in [4.78, 5) is 51.9. The van der Waals surface area contributed by atoms with Crippen LogP contribution in [0, 0.1) is 10.8 Å². The van der Waals surface area contributed by atoms with Crippen LogP contribution in [-0.2, 0) is 28.9 Å². The van der Waals surface area contributed by atoms with Gasteiger partial charge >= 0.3 is 0 Å². The zero-order chi connectivity index (χ0) is 33.4. The summed E-state index contributed by atoms with van der Waals surface area (Å²) in [7, 11) is 0. The average molecular weight is 613 g/mol. The monoisotopic (exact) mass is 612 g/mol. The second kappa shape index (κ2) is 10.7. The molecule has 0 heterocycles. The first-order valence-electron chi connectivity index (χ1n) is 15.2. The lowest BCUT2D eigenvalue weighted by Gasteiger charge is -2.56. The molecule has 0 amide bonds. The first kappa shape index (κ1) is 32.1. The molecule has 0 fully saturated rings. The molecule has 2 aromatic carbocycles. The van der Waals surface area contributed by atoms with Gasteiger partial charge in [-0.15, -0.1) is 0 Å². The number of carbonyl (C=O) groups excluding carboxylic acids is 4. The highest BCUT2D eigenvalue weighted by atomic mass is 16.3. The topological polar surface area (TPSA) is 149 Å². The van der Waals surface area contributed by atoms with Crippen LogP contribution in [0.5, 0.6) is 5.75 Å². The van der Waals surface area contributed by atoms with Gasteiger partial charge in [0, 0.05) is 28.4 Å². The number of aliphatic hydroxyl groups excluding tert-OH is 2. The second-order valence-electron chi connectivity index (χ2n) is 14.0. The molecule has 3 atom stereocenters. The summed E-state index contributed by atoms with van der Waals surface area (Å²) in [5, 5.41) is 45.9. The molecule has 5 rings (SSSR count). The van der Waals surface area contributed by atoms with Crippen LogP contribution in [0.3, 0.4) is 0 Å². The van der Waals surface area contributed by atoms with Crippen molar-refractivity contribution < 1.29 is 39.6 Å². The van der Waals surface area contributed by atoms with Crippen LogP contribution in [0.2, 0.25) is 0 Å². The molecule has 3 aliphatic carbocycles. The number of hydrogen-bond acceptors (Lipinski definition) is 8. The zero-order valence-electron chi connectivity index (χ0n) is 26.6. The fourth-order valence-corrected chi connectivity index (χ4v) is 7.94. The molecule has 3 aliphatic rings. The Morgan fingerprint density at radius 1 is 0.956 bits per heavy atom. The maximum absolute atomic E-state index is 14.4. The number of rotatable bonds is 7. The van der Waals surface area contributed by atoms with Crippen molar-refractivity contribution in [1.82, 2.24) is 0 Å². The van der Waals surface area contributed by atoms with Crippen molar-refractivity contribution in [3.05, 3.63) is 98.5 Å². The predicted molar refractivity (Wildman–Crippen MR) is 169 cm³/mol. The Labute approximate surface area is 262 Å². The minimum atomic E-state index is -2.61. The van der Waals surface area contributed by atoms with Gasteiger partial charge in [-0.2, -0.15) is 0 Å². The SMILES string of the molecule is C=C(Cc1ccc(C(C)=O)cc1)Cc1cc(C(C)C)c2c(c1O)C(=O)C1=C(O)[C@@]3(O)C(=O)C(C(C)=O)=C(O)C[C@@]3(C)C[C@@]1(C)C2. The quantitative estimate of drug-likeness (QED) is 0.166. The maximum Gasteiger partial charge on any atom is 0.209 e. The number of aliphatic hydroxyl groups is 3. The molecule has 4 N–H and O–H groups in total. The highest BCUT2D eigenvalue weighted by Gasteiger charge is 2.67.